The van der Waals surface area contributed by atoms with Gasteiger partial charge in [-0.2, -0.15) is 0 Å². The van der Waals surface area contributed by atoms with Gasteiger partial charge in [-0.05, 0) is 36.2 Å². The molecule has 1 heterocycles. The molecule has 0 bridgehead atoms. The van der Waals surface area contributed by atoms with Crippen LogP contribution in [0.25, 0.3) is 0 Å². The average Bonchev–Trinajstić information content (AvgIpc) is 2.35. The van der Waals surface area contributed by atoms with E-state index in [1.165, 1.54) is 5.56 Å². The van der Waals surface area contributed by atoms with E-state index in [-0.39, 0.29) is 5.56 Å². The molecule has 1 aromatic heterocycles. The van der Waals surface area contributed by atoms with Crippen molar-refractivity contribution in [1.82, 2.24) is 10.3 Å². The molecule has 1 atom stereocenters. The van der Waals surface area contributed by atoms with Crippen LogP contribution in [0.15, 0.2) is 16.9 Å². The van der Waals surface area contributed by atoms with E-state index < -0.39 is 0 Å². The van der Waals surface area contributed by atoms with E-state index in [1.54, 1.807) is 6.07 Å². The van der Waals surface area contributed by atoms with Crippen molar-refractivity contribution in [3.63, 3.8) is 0 Å². The van der Waals surface area contributed by atoms with E-state index in [1.807, 2.05) is 6.07 Å². The fourth-order valence-electron chi connectivity index (χ4n) is 2.50. The lowest BCUT2D eigenvalue weighted by molar-refractivity contribution is 0.224. The molecule has 106 valence electrons. The lowest BCUT2D eigenvalue weighted by atomic mass is 9.80. The third kappa shape index (κ3) is 3.27. The molecule has 0 saturated carbocycles. The topological polar surface area (TPSA) is 44.9 Å². The molecule has 1 aromatic rings. The second kappa shape index (κ2) is 5.49. The Morgan fingerprint density at radius 3 is 2.84 bits per heavy atom. The second-order valence-electron chi connectivity index (χ2n) is 6.73. The first-order chi connectivity index (χ1) is 8.90. The van der Waals surface area contributed by atoms with Gasteiger partial charge in [0.2, 0.25) is 5.56 Å². The van der Waals surface area contributed by atoms with Crippen molar-refractivity contribution in [1.29, 1.82) is 0 Å². The predicted octanol–water partition coefficient (Wildman–Crippen LogP) is 3.02. The first-order valence-electron chi connectivity index (χ1n) is 7.35. The van der Waals surface area contributed by atoms with Gasteiger partial charge < -0.3 is 10.3 Å². The van der Waals surface area contributed by atoms with Gasteiger partial charge in [-0.1, -0.05) is 33.8 Å². The summed E-state index contributed by atoms with van der Waals surface area (Å²) in [7, 11) is 0. The lowest BCUT2D eigenvalue weighted by Crippen LogP contribution is -2.37. The highest BCUT2D eigenvalue weighted by atomic mass is 16.1. The third-order valence-electron chi connectivity index (χ3n) is 4.70. The minimum Gasteiger partial charge on any atom is -0.326 e. The van der Waals surface area contributed by atoms with Crippen LogP contribution in [0.2, 0.25) is 0 Å². The van der Waals surface area contributed by atoms with E-state index in [0.717, 1.165) is 31.5 Å². The van der Waals surface area contributed by atoms with Crippen molar-refractivity contribution in [2.45, 2.75) is 53.0 Å². The standard InChI is InChI=1S/C16H26N2O/c1-11(2)16(3,4)10-17-13-6-5-7-14-12(13)8-9-15(19)18-14/h8-9,11,13,17H,5-7,10H2,1-4H3,(H,18,19). The van der Waals surface area contributed by atoms with Crippen LogP contribution in [0.1, 0.15) is 57.8 Å². The molecule has 2 rings (SSSR count). The zero-order valence-corrected chi connectivity index (χ0v) is 12.5. The Hall–Kier alpha value is -1.09. The SMILES string of the molecule is CC(C)C(C)(C)CNC1CCCc2[nH]c(=O)ccc21. The van der Waals surface area contributed by atoms with Crippen LogP contribution < -0.4 is 10.9 Å². The number of hydrogen-bond acceptors (Lipinski definition) is 2. The normalized spacial score (nSPS) is 19.5. The highest BCUT2D eigenvalue weighted by Crippen LogP contribution is 2.30. The van der Waals surface area contributed by atoms with Gasteiger partial charge in [-0.25, -0.2) is 0 Å². The zero-order chi connectivity index (χ0) is 14.0. The van der Waals surface area contributed by atoms with Crippen molar-refractivity contribution in [3.05, 3.63) is 33.7 Å². The minimum atomic E-state index is 0.0157. The Bertz CT molecular complexity index is 488. The van der Waals surface area contributed by atoms with Crippen LogP contribution >= 0.6 is 0 Å². The van der Waals surface area contributed by atoms with E-state index in [0.29, 0.717) is 17.4 Å². The average molecular weight is 262 g/mol. The molecule has 0 aromatic carbocycles. The van der Waals surface area contributed by atoms with Crippen LogP contribution in [0, 0.1) is 11.3 Å². The Morgan fingerprint density at radius 2 is 2.16 bits per heavy atom. The maximum absolute atomic E-state index is 11.4. The number of H-pyrrole nitrogens is 1. The number of hydrogen-bond donors (Lipinski definition) is 2. The summed E-state index contributed by atoms with van der Waals surface area (Å²) in [5.74, 6) is 0.652. The molecular weight excluding hydrogens is 236 g/mol. The van der Waals surface area contributed by atoms with Crippen molar-refractivity contribution >= 4 is 0 Å². The number of aromatic amines is 1. The fraction of sp³-hybridized carbons (Fsp3) is 0.688. The van der Waals surface area contributed by atoms with Crippen molar-refractivity contribution in [3.8, 4) is 0 Å². The Balaban J connectivity index is 2.10. The molecule has 0 amide bonds. The first kappa shape index (κ1) is 14.3. The van der Waals surface area contributed by atoms with Crippen LogP contribution in [0.4, 0.5) is 0 Å². The first-order valence-corrected chi connectivity index (χ1v) is 7.35. The molecule has 1 aliphatic rings. The molecule has 0 radical (unpaired) electrons. The van der Waals surface area contributed by atoms with Crippen molar-refractivity contribution < 1.29 is 0 Å². The summed E-state index contributed by atoms with van der Waals surface area (Å²) in [6.45, 7) is 10.2. The molecule has 1 aliphatic carbocycles. The highest BCUT2D eigenvalue weighted by molar-refractivity contribution is 5.26. The summed E-state index contributed by atoms with van der Waals surface area (Å²) in [6.07, 6.45) is 3.30. The molecule has 0 fully saturated rings. The minimum absolute atomic E-state index is 0.0157. The molecule has 0 aliphatic heterocycles. The zero-order valence-electron chi connectivity index (χ0n) is 12.5. The molecule has 3 heteroatoms. The number of pyridine rings is 1. The predicted molar refractivity (Wildman–Crippen MR) is 79.4 cm³/mol. The van der Waals surface area contributed by atoms with Gasteiger partial charge in [0.05, 0.1) is 0 Å². The summed E-state index contributed by atoms with van der Waals surface area (Å²) in [4.78, 5) is 14.4. The van der Waals surface area contributed by atoms with Crippen LogP contribution in [-0.2, 0) is 6.42 Å². The van der Waals surface area contributed by atoms with Gasteiger partial charge in [0, 0.05) is 24.3 Å². The largest absolute Gasteiger partial charge is 0.326 e. The molecule has 3 nitrogen and oxygen atoms in total. The fourth-order valence-corrected chi connectivity index (χ4v) is 2.50. The maximum Gasteiger partial charge on any atom is 0.248 e. The van der Waals surface area contributed by atoms with E-state index in [9.17, 15) is 4.79 Å². The van der Waals surface area contributed by atoms with Gasteiger partial charge in [0.15, 0.2) is 0 Å². The molecule has 2 N–H and O–H groups in total. The second-order valence-corrected chi connectivity index (χ2v) is 6.73. The Labute approximate surface area is 115 Å². The van der Waals surface area contributed by atoms with Gasteiger partial charge in [0.1, 0.15) is 0 Å². The number of aromatic nitrogens is 1. The van der Waals surface area contributed by atoms with E-state index >= 15 is 0 Å². The Kier molecular flexibility index (Phi) is 4.14. The summed E-state index contributed by atoms with van der Waals surface area (Å²) in [6, 6.07) is 4.03. The van der Waals surface area contributed by atoms with Gasteiger partial charge in [-0.3, -0.25) is 4.79 Å². The van der Waals surface area contributed by atoms with E-state index in [4.69, 9.17) is 0 Å². The van der Waals surface area contributed by atoms with Gasteiger partial charge in [0.25, 0.3) is 0 Å². The molecule has 1 unspecified atom stereocenters. The number of rotatable bonds is 4. The smallest absolute Gasteiger partial charge is 0.248 e. The number of nitrogens with one attached hydrogen (secondary N) is 2. The molecule has 0 spiro atoms. The molecule has 19 heavy (non-hydrogen) atoms. The van der Waals surface area contributed by atoms with Gasteiger partial charge in [-0.15, -0.1) is 0 Å². The third-order valence-corrected chi connectivity index (χ3v) is 4.70. The highest BCUT2D eigenvalue weighted by Gasteiger charge is 2.26. The number of aryl methyl sites for hydroxylation is 1. The summed E-state index contributed by atoms with van der Waals surface area (Å²) in [5, 5.41) is 3.70. The summed E-state index contributed by atoms with van der Waals surface area (Å²) < 4.78 is 0. The summed E-state index contributed by atoms with van der Waals surface area (Å²) >= 11 is 0. The lowest BCUT2D eigenvalue weighted by Gasteiger charge is -2.33. The van der Waals surface area contributed by atoms with Gasteiger partial charge >= 0.3 is 0 Å². The molecular formula is C16H26N2O. The quantitative estimate of drug-likeness (QED) is 0.876. The van der Waals surface area contributed by atoms with Crippen molar-refractivity contribution in [2.75, 3.05) is 6.54 Å². The van der Waals surface area contributed by atoms with Crippen LogP contribution in [-0.4, -0.2) is 11.5 Å². The monoisotopic (exact) mass is 262 g/mol. The Morgan fingerprint density at radius 1 is 1.42 bits per heavy atom. The van der Waals surface area contributed by atoms with E-state index in [2.05, 4.69) is 38.0 Å². The van der Waals surface area contributed by atoms with Crippen LogP contribution in [0.5, 0.6) is 0 Å². The number of fused-ring (bicyclic) bond motifs is 1. The summed E-state index contributed by atoms with van der Waals surface area (Å²) in [5.41, 5.74) is 2.71. The molecule has 0 saturated heterocycles. The maximum atomic E-state index is 11.4. The van der Waals surface area contributed by atoms with Crippen molar-refractivity contribution in [2.24, 2.45) is 11.3 Å². The van der Waals surface area contributed by atoms with Crippen LogP contribution in [0.3, 0.4) is 0 Å².